The second-order valence-electron chi connectivity index (χ2n) is 5.49. The molecule has 0 radical (unpaired) electrons. The van der Waals surface area contributed by atoms with E-state index in [-0.39, 0.29) is 0 Å². The molecule has 0 aliphatic heterocycles. The molecule has 1 aromatic carbocycles. The molecule has 1 N–H and O–H groups in total. The monoisotopic (exact) mass is 283 g/mol. The fourth-order valence-electron chi connectivity index (χ4n) is 2.01. The summed E-state index contributed by atoms with van der Waals surface area (Å²) in [6.07, 6.45) is 5.51. The first-order chi connectivity index (χ1) is 10.0. The van der Waals surface area contributed by atoms with E-state index in [0.29, 0.717) is 12.2 Å². The SMILES string of the molecule is CC(C)(O)c1cn(Cc2cnn(-c3ccccc3)c2)nn1. The van der Waals surface area contributed by atoms with Crippen LogP contribution in [0.5, 0.6) is 0 Å². The van der Waals surface area contributed by atoms with Gasteiger partial charge in [-0.1, -0.05) is 23.4 Å². The number of hydrogen-bond acceptors (Lipinski definition) is 4. The van der Waals surface area contributed by atoms with E-state index >= 15 is 0 Å². The zero-order valence-electron chi connectivity index (χ0n) is 12.0. The third-order valence-corrected chi connectivity index (χ3v) is 3.17. The molecule has 6 heteroatoms. The molecule has 0 aliphatic rings. The Morgan fingerprint density at radius 1 is 1.14 bits per heavy atom. The normalized spacial score (nSPS) is 11.8. The summed E-state index contributed by atoms with van der Waals surface area (Å²) in [5.41, 5.74) is 1.61. The molecule has 21 heavy (non-hydrogen) atoms. The van der Waals surface area contributed by atoms with Gasteiger partial charge in [0.05, 0.1) is 24.6 Å². The highest BCUT2D eigenvalue weighted by atomic mass is 16.3. The van der Waals surface area contributed by atoms with Crippen LogP contribution < -0.4 is 0 Å². The molecule has 0 saturated carbocycles. The van der Waals surface area contributed by atoms with E-state index in [0.717, 1.165) is 11.3 Å². The molecule has 108 valence electrons. The van der Waals surface area contributed by atoms with Crippen molar-refractivity contribution in [2.75, 3.05) is 0 Å². The van der Waals surface area contributed by atoms with E-state index in [9.17, 15) is 5.11 Å². The van der Waals surface area contributed by atoms with E-state index in [4.69, 9.17) is 0 Å². The molecule has 6 nitrogen and oxygen atoms in total. The first-order valence-electron chi connectivity index (χ1n) is 6.74. The molecule has 0 unspecified atom stereocenters. The summed E-state index contributed by atoms with van der Waals surface area (Å²) >= 11 is 0. The molecule has 0 aliphatic carbocycles. The maximum atomic E-state index is 9.89. The molecule has 0 atom stereocenters. The van der Waals surface area contributed by atoms with Gasteiger partial charge in [0.1, 0.15) is 11.3 Å². The van der Waals surface area contributed by atoms with Crippen molar-refractivity contribution >= 4 is 0 Å². The minimum absolute atomic E-state index is 0.554. The molecule has 2 heterocycles. The Kier molecular flexibility index (Phi) is 3.31. The van der Waals surface area contributed by atoms with Crippen LogP contribution in [0.3, 0.4) is 0 Å². The highest BCUT2D eigenvalue weighted by Crippen LogP contribution is 2.16. The highest BCUT2D eigenvalue weighted by molar-refractivity contribution is 5.30. The summed E-state index contributed by atoms with van der Waals surface area (Å²) in [6.45, 7) is 3.94. The van der Waals surface area contributed by atoms with Crippen LogP contribution in [0, 0.1) is 0 Å². The number of aromatic nitrogens is 5. The quantitative estimate of drug-likeness (QED) is 0.792. The predicted octanol–water partition coefficient (Wildman–Crippen LogP) is 1.74. The van der Waals surface area contributed by atoms with Crippen molar-refractivity contribution in [2.45, 2.75) is 26.0 Å². The third-order valence-electron chi connectivity index (χ3n) is 3.17. The minimum atomic E-state index is -0.980. The van der Waals surface area contributed by atoms with Crippen LogP contribution in [0.25, 0.3) is 5.69 Å². The highest BCUT2D eigenvalue weighted by Gasteiger charge is 2.20. The van der Waals surface area contributed by atoms with Crippen LogP contribution in [0.2, 0.25) is 0 Å². The Bertz CT molecular complexity index is 724. The maximum Gasteiger partial charge on any atom is 0.114 e. The van der Waals surface area contributed by atoms with E-state index < -0.39 is 5.60 Å². The van der Waals surface area contributed by atoms with E-state index in [2.05, 4.69) is 15.4 Å². The molecule has 0 saturated heterocycles. The average molecular weight is 283 g/mol. The summed E-state index contributed by atoms with van der Waals surface area (Å²) in [5, 5.41) is 22.2. The maximum absolute atomic E-state index is 9.89. The lowest BCUT2D eigenvalue weighted by Gasteiger charge is -2.11. The van der Waals surface area contributed by atoms with Crippen molar-refractivity contribution in [1.29, 1.82) is 0 Å². The fourth-order valence-corrected chi connectivity index (χ4v) is 2.01. The van der Waals surface area contributed by atoms with E-state index in [1.165, 1.54) is 0 Å². The van der Waals surface area contributed by atoms with Crippen LogP contribution in [-0.4, -0.2) is 29.9 Å². The predicted molar refractivity (Wildman–Crippen MR) is 77.9 cm³/mol. The Morgan fingerprint density at radius 2 is 1.90 bits per heavy atom. The molecule has 0 spiro atoms. The van der Waals surface area contributed by atoms with Crippen LogP contribution in [0.4, 0.5) is 0 Å². The molecule has 3 rings (SSSR count). The Balaban J connectivity index is 1.77. The van der Waals surface area contributed by atoms with Gasteiger partial charge >= 0.3 is 0 Å². The zero-order valence-corrected chi connectivity index (χ0v) is 12.0. The van der Waals surface area contributed by atoms with Crippen molar-refractivity contribution < 1.29 is 5.11 Å². The topological polar surface area (TPSA) is 68.8 Å². The number of hydrogen-bond donors (Lipinski definition) is 1. The molecule has 0 fully saturated rings. The van der Waals surface area contributed by atoms with Gasteiger partial charge in [-0.15, -0.1) is 5.10 Å². The van der Waals surface area contributed by atoms with Crippen molar-refractivity contribution in [3.63, 3.8) is 0 Å². The molecule has 0 bridgehead atoms. The first-order valence-corrected chi connectivity index (χ1v) is 6.74. The summed E-state index contributed by atoms with van der Waals surface area (Å²) in [6, 6.07) is 9.92. The number of para-hydroxylation sites is 1. The van der Waals surface area contributed by atoms with E-state index in [1.54, 1.807) is 30.9 Å². The Labute approximate surface area is 122 Å². The minimum Gasteiger partial charge on any atom is -0.384 e. The van der Waals surface area contributed by atoms with Gasteiger partial charge in [0, 0.05) is 11.8 Å². The molecular formula is C15H17N5O. The molecule has 3 aromatic rings. The number of benzene rings is 1. The Hall–Kier alpha value is -2.47. The van der Waals surface area contributed by atoms with Gasteiger partial charge in [0.15, 0.2) is 0 Å². The van der Waals surface area contributed by atoms with Crippen LogP contribution in [0.15, 0.2) is 48.9 Å². The van der Waals surface area contributed by atoms with Gasteiger partial charge in [-0.25, -0.2) is 9.36 Å². The molecule has 0 amide bonds. The van der Waals surface area contributed by atoms with Gasteiger partial charge in [0.2, 0.25) is 0 Å². The first kappa shape index (κ1) is 13.5. The van der Waals surface area contributed by atoms with Gasteiger partial charge in [-0.05, 0) is 26.0 Å². The average Bonchev–Trinajstić information content (AvgIpc) is 3.09. The second kappa shape index (κ2) is 5.14. The van der Waals surface area contributed by atoms with Gasteiger partial charge < -0.3 is 5.11 Å². The zero-order chi connectivity index (χ0) is 14.9. The van der Waals surface area contributed by atoms with Crippen molar-refractivity contribution in [2.24, 2.45) is 0 Å². The third kappa shape index (κ3) is 3.00. The van der Waals surface area contributed by atoms with Crippen molar-refractivity contribution in [3.8, 4) is 5.69 Å². The van der Waals surface area contributed by atoms with Crippen molar-refractivity contribution in [1.82, 2.24) is 24.8 Å². The van der Waals surface area contributed by atoms with Crippen LogP contribution >= 0.6 is 0 Å². The van der Waals surface area contributed by atoms with Crippen molar-refractivity contribution in [3.05, 3.63) is 60.2 Å². The smallest absolute Gasteiger partial charge is 0.114 e. The Morgan fingerprint density at radius 3 is 2.57 bits per heavy atom. The van der Waals surface area contributed by atoms with Gasteiger partial charge in [-0.2, -0.15) is 5.10 Å². The number of aliphatic hydroxyl groups is 1. The van der Waals surface area contributed by atoms with Crippen LogP contribution in [0.1, 0.15) is 25.1 Å². The summed E-state index contributed by atoms with van der Waals surface area (Å²) in [7, 11) is 0. The fraction of sp³-hybridized carbons (Fsp3) is 0.267. The largest absolute Gasteiger partial charge is 0.384 e. The van der Waals surface area contributed by atoms with E-state index in [1.807, 2.05) is 41.2 Å². The molecular weight excluding hydrogens is 266 g/mol. The molecule has 2 aromatic heterocycles. The standard InChI is InChI=1S/C15H17N5O/c1-15(2,21)14-11-19(18-17-14)9-12-8-16-20(10-12)13-6-4-3-5-7-13/h3-8,10-11,21H,9H2,1-2H3. The lowest BCUT2D eigenvalue weighted by Crippen LogP contribution is -2.15. The summed E-state index contributed by atoms with van der Waals surface area (Å²) < 4.78 is 3.52. The summed E-state index contributed by atoms with van der Waals surface area (Å²) in [5.74, 6) is 0. The number of rotatable bonds is 4. The van der Waals surface area contributed by atoms with Crippen LogP contribution in [-0.2, 0) is 12.1 Å². The number of nitrogens with zero attached hydrogens (tertiary/aromatic N) is 5. The lowest BCUT2D eigenvalue weighted by molar-refractivity contribution is 0.0737. The van der Waals surface area contributed by atoms with Gasteiger partial charge in [-0.3, -0.25) is 0 Å². The second-order valence-corrected chi connectivity index (χ2v) is 5.49. The lowest BCUT2D eigenvalue weighted by atomic mass is 10.1. The summed E-state index contributed by atoms with van der Waals surface area (Å²) in [4.78, 5) is 0. The van der Waals surface area contributed by atoms with Gasteiger partial charge in [0.25, 0.3) is 0 Å².